The van der Waals surface area contributed by atoms with Crippen molar-refractivity contribution in [2.75, 3.05) is 0 Å². The van der Waals surface area contributed by atoms with E-state index in [1.807, 2.05) is 0 Å². The normalized spacial score (nSPS) is 11.8. The van der Waals surface area contributed by atoms with E-state index in [2.05, 4.69) is 9.97 Å². The monoisotopic (exact) mass is 244 g/mol. The van der Waals surface area contributed by atoms with E-state index in [0.717, 1.165) is 12.1 Å². The van der Waals surface area contributed by atoms with Crippen LogP contribution in [0, 0.1) is 0 Å². The van der Waals surface area contributed by atoms with Gasteiger partial charge in [0, 0.05) is 0 Å². The second-order valence-corrected chi connectivity index (χ2v) is 4.40. The third-order valence-electron chi connectivity index (χ3n) is 1.98. The lowest BCUT2D eigenvalue weighted by Gasteiger charge is -1.98. The first-order valence-electron chi connectivity index (χ1n) is 4.09. The molecule has 2 aromatic rings. The molecule has 84 valence electrons. The smallest absolute Gasteiger partial charge is 0.316 e. The summed E-state index contributed by atoms with van der Waals surface area (Å²) in [6.07, 6.45) is 0. The summed E-state index contributed by atoms with van der Waals surface area (Å²) in [5.74, 6) is 0. The van der Waals surface area contributed by atoms with Crippen molar-refractivity contribution < 1.29 is 12.3 Å². The molecule has 2 rings (SSSR count). The number of aromatic amines is 2. The van der Waals surface area contributed by atoms with Crippen LogP contribution in [0.1, 0.15) is 0 Å². The minimum atomic E-state index is -4.83. The van der Waals surface area contributed by atoms with E-state index >= 15 is 0 Å². The molecule has 0 unspecified atom stereocenters. The van der Waals surface area contributed by atoms with Crippen molar-refractivity contribution >= 4 is 21.3 Å². The molecule has 1 heterocycles. The van der Waals surface area contributed by atoms with Crippen molar-refractivity contribution in [1.29, 1.82) is 0 Å². The number of rotatable bonds is 1. The highest BCUT2D eigenvalue weighted by Crippen LogP contribution is 2.15. The minimum Gasteiger partial charge on any atom is -0.316 e. The van der Waals surface area contributed by atoms with Crippen LogP contribution < -0.4 is 11.1 Å². The molecule has 1 aromatic heterocycles. The molecule has 0 bridgehead atoms. The standard InChI is InChI=1S/C8H5FN2O4S/c9-16(14,15)4-1-2-5-6(3-4)11-8(13)7(12)10-5/h1-3H,(H,10,12)(H,11,13). The van der Waals surface area contributed by atoms with Crippen LogP contribution in [-0.4, -0.2) is 18.4 Å². The molecule has 8 heteroatoms. The number of hydrogen-bond acceptors (Lipinski definition) is 4. The largest absolute Gasteiger partial charge is 0.332 e. The zero-order chi connectivity index (χ0) is 11.9. The molecule has 0 aliphatic rings. The molecule has 0 spiro atoms. The number of H-pyrrole nitrogens is 2. The van der Waals surface area contributed by atoms with E-state index in [1.165, 1.54) is 6.07 Å². The summed E-state index contributed by atoms with van der Waals surface area (Å²) in [4.78, 5) is 25.7. The van der Waals surface area contributed by atoms with Crippen LogP contribution in [0.25, 0.3) is 11.0 Å². The molecule has 0 saturated heterocycles. The molecule has 0 aliphatic carbocycles. The third kappa shape index (κ3) is 1.74. The quantitative estimate of drug-likeness (QED) is 0.539. The first-order chi connectivity index (χ1) is 7.38. The zero-order valence-electron chi connectivity index (χ0n) is 7.65. The zero-order valence-corrected chi connectivity index (χ0v) is 8.47. The lowest BCUT2D eigenvalue weighted by Crippen LogP contribution is -2.28. The molecule has 0 saturated carbocycles. The Morgan fingerprint density at radius 3 is 2.12 bits per heavy atom. The van der Waals surface area contributed by atoms with Gasteiger partial charge in [0.05, 0.1) is 11.0 Å². The Kier molecular flexibility index (Phi) is 2.16. The number of halogens is 1. The fourth-order valence-corrected chi connectivity index (χ4v) is 1.73. The summed E-state index contributed by atoms with van der Waals surface area (Å²) < 4.78 is 33.8. The molecule has 0 atom stereocenters. The Bertz CT molecular complexity index is 774. The van der Waals surface area contributed by atoms with Gasteiger partial charge in [-0.05, 0) is 18.2 Å². The average molecular weight is 244 g/mol. The molecule has 16 heavy (non-hydrogen) atoms. The molecular formula is C8H5FN2O4S. The van der Waals surface area contributed by atoms with Gasteiger partial charge in [-0.15, -0.1) is 3.89 Å². The van der Waals surface area contributed by atoms with Crippen LogP contribution in [0.4, 0.5) is 3.89 Å². The van der Waals surface area contributed by atoms with Crippen molar-refractivity contribution in [1.82, 2.24) is 9.97 Å². The van der Waals surface area contributed by atoms with Gasteiger partial charge in [-0.1, -0.05) is 0 Å². The Morgan fingerprint density at radius 2 is 1.56 bits per heavy atom. The molecule has 0 radical (unpaired) electrons. The highest BCUT2D eigenvalue weighted by Gasteiger charge is 2.12. The summed E-state index contributed by atoms with van der Waals surface area (Å²) in [6, 6.07) is 3.12. The summed E-state index contributed by atoms with van der Waals surface area (Å²) in [6.45, 7) is 0. The van der Waals surface area contributed by atoms with Gasteiger partial charge in [-0.25, -0.2) is 0 Å². The fraction of sp³-hybridized carbons (Fsp3) is 0. The Morgan fingerprint density at radius 1 is 1.00 bits per heavy atom. The maximum absolute atomic E-state index is 12.6. The summed E-state index contributed by atoms with van der Waals surface area (Å²) in [7, 11) is -4.83. The van der Waals surface area contributed by atoms with Crippen LogP contribution in [0.2, 0.25) is 0 Å². The van der Waals surface area contributed by atoms with E-state index in [-0.39, 0.29) is 11.0 Å². The number of hydrogen-bond donors (Lipinski definition) is 2. The highest BCUT2D eigenvalue weighted by molar-refractivity contribution is 7.86. The highest BCUT2D eigenvalue weighted by atomic mass is 32.3. The second-order valence-electron chi connectivity index (χ2n) is 3.05. The second kappa shape index (κ2) is 3.27. The number of fused-ring (bicyclic) bond motifs is 1. The lowest BCUT2D eigenvalue weighted by molar-refractivity contribution is 0.552. The number of benzene rings is 1. The van der Waals surface area contributed by atoms with Crippen LogP contribution in [0.3, 0.4) is 0 Å². The first-order valence-corrected chi connectivity index (χ1v) is 5.47. The third-order valence-corrected chi connectivity index (χ3v) is 2.79. The Hall–Kier alpha value is -1.96. The molecule has 2 N–H and O–H groups in total. The van der Waals surface area contributed by atoms with Crippen molar-refractivity contribution in [3.05, 3.63) is 38.9 Å². The van der Waals surface area contributed by atoms with Crippen LogP contribution >= 0.6 is 0 Å². The van der Waals surface area contributed by atoms with E-state index in [9.17, 15) is 21.9 Å². The van der Waals surface area contributed by atoms with Gasteiger partial charge in [0.2, 0.25) is 0 Å². The molecule has 0 fully saturated rings. The van der Waals surface area contributed by atoms with Crippen LogP contribution in [0.5, 0.6) is 0 Å². The number of nitrogens with one attached hydrogen (secondary N) is 2. The van der Waals surface area contributed by atoms with E-state index in [1.54, 1.807) is 0 Å². The van der Waals surface area contributed by atoms with Crippen molar-refractivity contribution in [3.63, 3.8) is 0 Å². The summed E-state index contributed by atoms with van der Waals surface area (Å²) in [5, 5.41) is 0. The number of aromatic nitrogens is 2. The van der Waals surface area contributed by atoms with Crippen molar-refractivity contribution in [2.24, 2.45) is 0 Å². The molecule has 0 aliphatic heterocycles. The fourth-order valence-electron chi connectivity index (χ4n) is 1.25. The molecule has 0 amide bonds. The molecule has 1 aromatic carbocycles. The maximum Gasteiger partial charge on any atom is 0.332 e. The SMILES string of the molecule is O=c1[nH]c2ccc(S(=O)(=O)F)cc2[nH]c1=O. The molecular weight excluding hydrogens is 239 g/mol. The van der Waals surface area contributed by atoms with Gasteiger partial charge in [0.25, 0.3) is 0 Å². The van der Waals surface area contributed by atoms with Crippen LogP contribution in [0.15, 0.2) is 32.7 Å². The lowest BCUT2D eigenvalue weighted by atomic mass is 10.3. The van der Waals surface area contributed by atoms with Gasteiger partial charge >= 0.3 is 21.3 Å². The van der Waals surface area contributed by atoms with Crippen molar-refractivity contribution in [2.45, 2.75) is 4.90 Å². The van der Waals surface area contributed by atoms with E-state index in [4.69, 9.17) is 0 Å². The van der Waals surface area contributed by atoms with Gasteiger partial charge in [0.1, 0.15) is 4.90 Å². The Labute approximate surface area is 88.0 Å². The van der Waals surface area contributed by atoms with Gasteiger partial charge in [0.15, 0.2) is 0 Å². The van der Waals surface area contributed by atoms with Crippen molar-refractivity contribution in [3.8, 4) is 0 Å². The minimum absolute atomic E-state index is 0.0447. The Balaban J connectivity index is 2.87. The van der Waals surface area contributed by atoms with Gasteiger partial charge < -0.3 is 9.97 Å². The van der Waals surface area contributed by atoms with Gasteiger partial charge in [-0.3, -0.25) is 9.59 Å². The maximum atomic E-state index is 12.6. The van der Waals surface area contributed by atoms with Crippen LogP contribution in [-0.2, 0) is 10.2 Å². The van der Waals surface area contributed by atoms with E-state index in [0.29, 0.717) is 0 Å². The summed E-state index contributed by atoms with van der Waals surface area (Å²) in [5.41, 5.74) is -1.52. The van der Waals surface area contributed by atoms with Gasteiger partial charge in [-0.2, -0.15) is 8.42 Å². The predicted molar refractivity (Wildman–Crippen MR) is 53.5 cm³/mol. The average Bonchev–Trinajstić information content (AvgIpc) is 2.17. The predicted octanol–water partition coefficient (Wildman–Crippen LogP) is -0.125. The molecule has 6 nitrogen and oxygen atoms in total. The first kappa shape index (κ1) is 10.6. The topological polar surface area (TPSA) is 99.9 Å². The van der Waals surface area contributed by atoms with E-state index < -0.39 is 26.2 Å². The summed E-state index contributed by atoms with van der Waals surface area (Å²) >= 11 is 0.